The molecule has 17 heavy (non-hydrogen) atoms. The second kappa shape index (κ2) is 6.24. The second-order valence-corrected chi connectivity index (χ2v) is 4.94. The summed E-state index contributed by atoms with van der Waals surface area (Å²) in [6, 6.07) is 3.82. The predicted octanol–water partition coefficient (Wildman–Crippen LogP) is 2.78. The van der Waals surface area contributed by atoms with Crippen LogP contribution < -0.4 is 16.2 Å². The summed E-state index contributed by atoms with van der Waals surface area (Å²) >= 11 is 6.05. The highest BCUT2D eigenvalue weighted by Gasteiger charge is 2.15. The lowest BCUT2D eigenvalue weighted by Gasteiger charge is -2.18. The molecule has 0 spiro atoms. The molecule has 2 unspecified atom stereocenters. The zero-order valence-electron chi connectivity index (χ0n) is 10.7. The van der Waals surface area contributed by atoms with Gasteiger partial charge in [-0.25, -0.2) is 0 Å². The fourth-order valence-electron chi connectivity index (χ4n) is 1.91. The van der Waals surface area contributed by atoms with Gasteiger partial charge < -0.3 is 16.2 Å². The van der Waals surface area contributed by atoms with E-state index in [1.165, 1.54) is 0 Å². The van der Waals surface area contributed by atoms with Gasteiger partial charge in [0.2, 0.25) is 0 Å². The van der Waals surface area contributed by atoms with Crippen LogP contribution in [0, 0.1) is 6.92 Å². The molecule has 0 bridgehead atoms. The molecule has 4 heteroatoms. The molecule has 0 saturated carbocycles. The Labute approximate surface area is 108 Å². The normalized spacial score (nSPS) is 14.5. The lowest BCUT2D eigenvalue weighted by atomic mass is 9.98. The van der Waals surface area contributed by atoms with E-state index < -0.39 is 0 Å². The molecule has 0 fully saturated rings. The summed E-state index contributed by atoms with van der Waals surface area (Å²) in [6.07, 6.45) is 1.71. The van der Waals surface area contributed by atoms with E-state index in [1.807, 2.05) is 26.0 Å². The molecule has 1 rings (SSSR count). The molecule has 96 valence electrons. The van der Waals surface area contributed by atoms with E-state index in [0.29, 0.717) is 5.02 Å². The molecule has 1 aromatic rings. The number of nitrogens with two attached hydrogens (primary N) is 2. The van der Waals surface area contributed by atoms with Crippen LogP contribution >= 0.6 is 11.6 Å². The van der Waals surface area contributed by atoms with Gasteiger partial charge in [0.1, 0.15) is 5.75 Å². The highest BCUT2D eigenvalue weighted by Crippen LogP contribution is 2.32. The molecular weight excluding hydrogens is 236 g/mol. The van der Waals surface area contributed by atoms with Crippen molar-refractivity contribution in [2.75, 3.05) is 7.11 Å². The van der Waals surface area contributed by atoms with E-state index in [4.69, 9.17) is 27.8 Å². The van der Waals surface area contributed by atoms with Crippen molar-refractivity contribution in [2.24, 2.45) is 11.5 Å². The number of halogens is 1. The predicted molar refractivity (Wildman–Crippen MR) is 72.6 cm³/mol. The van der Waals surface area contributed by atoms with Crippen LogP contribution in [0.15, 0.2) is 12.1 Å². The van der Waals surface area contributed by atoms with Crippen LogP contribution in [0.5, 0.6) is 5.75 Å². The van der Waals surface area contributed by atoms with E-state index >= 15 is 0 Å². The van der Waals surface area contributed by atoms with Gasteiger partial charge in [0, 0.05) is 22.7 Å². The van der Waals surface area contributed by atoms with Crippen molar-refractivity contribution < 1.29 is 4.74 Å². The Bertz CT molecular complexity index is 380. The lowest BCUT2D eigenvalue weighted by molar-refractivity contribution is 0.399. The number of aryl methyl sites for hydroxylation is 1. The van der Waals surface area contributed by atoms with Gasteiger partial charge in [-0.1, -0.05) is 11.6 Å². The largest absolute Gasteiger partial charge is 0.496 e. The Balaban J connectivity index is 2.95. The summed E-state index contributed by atoms with van der Waals surface area (Å²) in [4.78, 5) is 0. The van der Waals surface area contributed by atoms with Crippen molar-refractivity contribution in [2.45, 2.75) is 38.8 Å². The number of methoxy groups -OCH3 is 1. The third-order valence-corrected chi connectivity index (χ3v) is 3.02. The number of rotatable bonds is 5. The fourth-order valence-corrected chi connectivity index (χ4v) is 2.19. The first-order valence-electron chi connectivity index (χ1n) is 5.81. The van der Waals surface area contributed by atoms with Gasteiger partial charge in [-0.05, 0) is 44.4 Å². The Morgan fingerprint density at radius 3 is 2.47 bits per heavy atom. The summed E-state index contributed by atoms with van der Waals surface area (Å²) in [6.45, 7) is 3.94. The first kappa shape index (κ1) is 14.3. The summed E-state index contributed by atoms with van der Waals surface area (Å²) in [5, 5.41) is 0.689. The van der Waals surface area contributed by atoms with Gasteiger partial charge in [0.15, 0.2) is 0 Å². The molecule has 0 aliphatic carbocycles. The molecule has 0 amide bonds. The van der Waals surface area contributed by atoms with E-state index in [1.54, 1.807) is 7.11 Å². The van der Waals surface area contributed by atoms with Crippen molar-refractivity contribution in [3.63, 3.8) is 0 Å². The van der Waals surface area contributed by atoms with E-state index in [-0.39, 0.29) is 12.1 Å². The van der Waals surface area contributed by atoms with E-state index in [0.717, 1.165) is 29.7 Å². The molecule has 3 nitrogen and oxygen atoms in total. The smallest absolute Gasteiger partial charge is 0.126 e. The number of hydrogen-bond donors (Lipinski definition) is 2. The van der Waals surface area contributed by atoms with E-state index in [9.17, 15) is 0 Å². The van der Waals surface area contributed by atoms with Gasteiger partial charge in [-0.3, -0.25) is 0 Å². The lowest BCUT2D eigenvalue weighted by Crippen LogP contribution is -2.19. The Morgan fingerprint density at radius 1 is 1.29 bits per heavy atom. The van der Waals surface area contributed by atoms with E-state index in [2.05, 4.69) is 0 Å². The summed E-state index contributed by atoms with van der Waals surface area (Å²) in [5.74, 6) is 0.826. The number of ether oxygens (including phenoxy) is 1. The van der Waals surface area contributed by atoms with Crippen LogP contribution in [0.3, 0.4) is 0 Å². The van der Waals surface area contributed by atoms with Crippen LogP contribution in [0.2, 0.25) is 5.02 Å². The Kier molecular flexibility index (Phi) is 5.25. The highest BCUT2D eigenvalue weighted by molar-refractivity contribution is 6.30. The number of hydrogen-bond acceptors (Lipinski definition) is 3. The molecule has 1 aromatic carbocycles. The Morgan fingerprint density at radius 2 is 1.94 bits per heavy atom. The van der Waals surface area contributed by atoms with Crippen molar-refractivity contribution >= 4 is 11.6 Å². The Hall–Kier alpha value is -0.770. The first-order chi connectivity index (χ1) is 7.95. The standard InChI is InChI=1S/C13H21ClN2O/c1-8-6-10(14)7-11(13(8)17-3)12(16)5-4-9(2)15/h6-7,9,12H,4-5,15-16H2,1-3H3. The van der Waals surface area contributed by atoms with Crippen molar-refractivity contribution in [3.8, 4) is 5.75 Å². The maximum Gasteiger partial charge on any atom is 0.126 e. The van der Waals surface area contributed by atoms with Crippen LogP contribution in [-0.2, 0) is 0 Å². The van der Waals surface area contributed by atoms with Crippen molar-refractivity contribution in [1.82, 2.24) is 0 Å². The number of benzene rings is 1. The van der Waals surface area contributed by atoms with Gasteiger partial charge in [0.05, 0.1) is 7.11 Å². The summed E-state index contributed by atoms with van der Waals surface area (Å²) < 4.78 is 5.39. The second-order valence-electron chi connectivity index (χ2n) is 4.51. The summed E-state index contributed by atoms with van der Waals surface area (Å²) in [5.41, 5.74) is 13.9. The van der Waals surface area contributed by atoms with Crippen molar-refractivity contribution in [3.05, 3.63) is 28.3 Å². The van der Waals surface area contributed by atoms with Crippen LogP contribution in [0.4, 0.5) is 0 Å². The average Bonchev–Trinajstić information content (AvgIpc) is 2.24. The highest BCUT2D eigenvalue weighted by atomic mass is 35.5. The topological polar surface area (TPSA) is 61.3 Å². The van der Waals surface area contributed by atoms with Crippen LogP contribution in [0.1, 0.15) is 36.9 Å². The van der Waals surface area contributed by atoms with Gasteiger partial charge in [-0.2, -0.15) is 0 Å². The maximum absolute atomic E-state index is 6.16. The molecule has 0 saturated heterocycles. The fraction of sp³-hybridized carbons (Fsp3) is 0.538. The SMILES string of the molecule is COc1c(C)cc(Cl)cc1C(N)CCC(C)N. The quantitative estimate of drug-likeness (QED) is 0.852. The zero-order chi connectivity index (χ0) is 13.0. The van der Waals surface area contributed by atoms with Crippen LogP contribution in [0.25, 0.3) is 0 Å². The molecule has 4 N–H and O–H groups in total. The monoisotopic (exact) mass is 256 g/mol. The van der Waals surface area contributed by atoms with Gasteiger partial charge >= 0.3 is 0 Å². The molecule has 0 radical (unpaired) electrons. The zero-order valence-corrected chi connectivity index (χ0v) is 11.4. The average molecular weight is 257 g/mol. The molecule has 0 aromatic heterocycles. The minimum absolute atomic E-state index is 0.0895. The molecule has 0 aliphatic heterocycles. The molecule has 0 heterocycles. The van der Waals surface area contributed by atoms with Crippen LogP contribution in [-0.4, -0.2) is 13.2 Å². The summed E-state index contributed by atoms with van der Waals surface area (Å²) in [7, 11) is 1.65. The third-order valence-electron chi connectivity index (χ3n) is 2.80. The van der Waals surface area contributed by atoms with Crippen molar-refractivity contribution in [1.29, 1.82) is 0 Å². The maximum atomic E-state index is 6.16. The molecule has 2 atom stereocenters. The van der Waals surface area contributed by atoms with Gasteiger partial charge in [-0.15, -0.1) is 0 Å². The minimum atomic E-state index is -0.0895. The first-order valence-corrected chi connectivity index (χ1v) is 6.18. The third kappa shape index (κ3) is 3.87. The molecular formula is C13H21ClN2O. The van der Waals surface area contributed by atoms with Gasteiger partial charge in [0.25, 0.3) is 0 Å². The molecule has 0 aliphatic rings. The minimum Gasteiger partial charge on any atom is -0.496 e.